The Morgan fingerprint density at radius 1 is 1.27 bits per heavy atom. The van der Waals surface area contributed by atoms with Gasteiger partial charge in [0.15, 0.2) is 6.10 Å². The average molecular weight is 346 g/mol. The van der Waals surface area contributed by atoms with E-state index in [1.807, 2.05) is 17.4 Å². The van der Waals surface area contributed by atoms with Crippen LogP contribution in [0.2, 0.25) is 5.02 Å². The lowest BCUT2D eigenvalue weighted by atomic mass is 10.3. The molecule has 0 fully saturated rings. The summed E-state index contributed by atoms with van der Waals surface area (Å²) in [6.07, 6.45) is -1.82. The number of alkyl carbamates (subject to hydrolysis) is 1. The first-order chi connectivity index (χ1) is 10.4. The Labute approximate surface area is 137 Å². The number of methoxy groups -OCH3 is 1. The van der Waals surface area contributed by atoms with E-state index in [2.05, 4.69) is 4.74 Å². The van der Waals surface area contributed by atoms with Crippen LogP contribution in [0.3, 0.4) is 0 Å². The SMILES string of the molecule is COC(=O)NC(=O)[C@H](C)OC(=O)CCSc1ccc(Cl)cc1. The Kier molecular flexibility index (Phi) is 7.76. The number of carbonyl (C=O) groups is 3. The van der Waals surface area contributed by atoms with Gasteiger partial charge in [-0.25, -0.2) is 4.79 Å². The predicted octanol–water partition coefficient (Wildman–Crippen LogP) is 2.64. The summed E-state index contributed by atoms with van der Waals surface area (Å²) in [7, 11) is 1.13. The summed E-state index contributed by atoms with van der Waals surface area (Å²) in [5.74, 6) is -0.745. The van der Waals surface area contributed by atoms with Gasteiger partial charge in [-0.1, -0.05) is 11.6 Å². The van der Waals surface area contributed by atoms with Crippen LogP contribution in [0.4, 0.5) is 4.79 Å². The molecule has 0 aliphatic carbocycles. The number of halogens is 1. The summed E-state index contributed by atoms with van der Waals surface area (Å²) < 4.78 is 9.20. The minimum atomic E-state index is -1.06. The minimum Gasteiger partial charge on any atom is -0.453 e. The number of hydrogen-bond donors (Lipinski definition) is 1. The van der Waals surface area contributed by atoms with Crippen molar-refractivity contribution in [3.8, 4) is 0 Å². The molecule has 1 N–H and O–H groups in total. The van der Waals surface area contributed by atoms with Gasteiger partial charge in [-0.05, 0) is 31.2 Å². The van der Waals surface area contributed by atoms with E-state index >= 15 is 0 Å². The van der Waals surface area contributed by atoms with Crippen LogP contribution in [0.1, 0.15) is 13.3 Å². The molecular weight excluding hydrogens is 330 g/mol. The molecule has 0 aliphatic heterocycles. The Hall–Kier alpha value is -1.73. The van der Waals surface area contributed by atoms with Crippen molar-refractivity contribution in [1.82, 2.24) is 5.32 Å². The first-order valence-corrected chi connectivity index (χ1v) is 7.75. The van der Waals surface area contributed by atoms with Crippen molar-refractivity contribution in [1.29, 1.82) is 0 Å². The van der Waals surface area contributed by atoms with Crippen molar-refractivity contribution in [2.45, 2.75) is 24.3 Å². The predicted molar refractivity (Wildman–Crippen MR) is 82.9 cm³/mol. The first-order valence-electron chi connectivity index (χ1n) is 6.39. The molecule has 6 nitrogen and oxygen atoms in total. The van der Waals surface area contributed by atoms with Crippen molar-refractivity contribution in [2.24, 2.45) is 0 Å². The maximum atomic E-state index is 11.6. The molecule has 2 amide bonds. The summed E-state index contributed by atoms with van der Waals surface area (Å²) >= 11 is 7.25. The highest BCUT2D eigenvalue weighted by atomic mass is 35.5. The van der Waals surface area contributed by atoms with Gasteiger partial charge in [0.1, 0.15) is 0 Å². The molecule has 0 aliphatic rings. The highest BCUT2D eigenvalue weighted by Crippen LogP contribution is 2.21. The number of carbonyl (C=O) groups excluding carboxylic acids is 3. The fraction of sp³-hybridized carbons (Fsp3) is 0.357. The number of ether oxygens (including phenoxy) is 2. The van der Waals surface area contributed by atoms with Gasteiger partial charge in [0, 0.05) is 15.7 Å². The van der Waals surface area contributed by atoms with Crippen LogP contribution in [0.5, 0.6) is 0 Å². The Morgan fingerprint density at radius 2 is 1.91 bits per heavy atom. The lowest BCUT2D eigenvalue weighted by molar-refractivity contribution is -0.154. The van der Waals surface area contributed by atoms with Crippen LogP contribution in [-0.2, 0) is 19.1 Å². The van der Waals surface area contributed by atoms with E-state index in [1.54, 1.807) is 12.1 Å². The van der Waals surface area contributed by atoms with E-state index in [1.165, 1.54) is 18.7 Å². The molecule has 0 unspecified atom stereocenters. The first kappa shape index (κ1) is 18.3. The Bertz CT molecular complexity index is 535. The van der Waals surface area contributed by atoms with Gasteiger partial charge in [-0.3, -0.25) is 14.9 Å². The normalized spacial score (nSPS) is 11.4. The molecule has 0 radical (unpaired) electrons. The number of hydrogen-bond acceptors (Lipinski definition) is 6. The summed E-state index contributed by atoms with van der Waals surface area (Å²) in [5, 5.41) is 2.57. The third-order valence-corrected chi connectivity index (χ3v) is 3.74. The van der Waals surface area contributed by atoms with Crippen molar-refractivity contribution >= 4 is 41.3 Å². The maximum absolute atomic E-state index is 11.6. The van der Waals surface area contributed by atoms with E-state index in [0.29, 0.717) is 10.8 Å². The molecule has 1 aromatic rings. The molecule has 22 heavy (non-hydrogen) atoms. The quantitative estimate of drug-likeness (QED) is 0.630. The van der Waals surface area contributed by atoms with E-state index < -0.39 is 24.1 Å². The molecule has 1 atom stereocenters. The Morgan fingerprint density at radius 3 is 2.50 bits per heavy atom. The van der Waals surface area contributed by atoms with Gasteiger partial charge in [0.2, 0.25) is 0 Å². The molecule has 0 bridgehead atoms. The van der Waals surface area contributed by atoms with Gasteiger partial charge in [-0.15, -0.1) is 11.8 Å². The topological polar surface area (TPSA) is 81.7 Å². The van der Waals surface area contributed by atoms with Crippen LogP contribution in [0.25, 0.3) is 0 Å². The molecule has 0 heterocycles. The number of nitrogens with one attached hydrogen (secondary N) is 1. The number of rotatable bonds is 6. The highest BCUT2D eigenvalue weighted by molar-refractivity contribution is 7.99. The van der Waals surface area contributed by atoms with Gasteiger partial charge in [-0.2, -0.15) is 0 Å². The zero-order valence-corrected chi connectivity index (χ0v) is 13.7. The largest absolute Gasteiger partial charge is 0.453 e. The average Bonchev–Trinajstić information content (AvgIpc) is 2.49. The summed E-state index contributed by atoms with van der Waals surface area (Å²) in [5.41, 5.74) is 0. The second kappa shape index (κ2) is 9.32. The second-order valence-electron chi connectivity index (χ2n) is 4.17. The fourth-order valence-corrected chi connectivity index (χ4v) is 2.30. The standard InChI is InChI=1S/C14H16ClNO5S/c1-9(13(18)16-14(19)20-2)21-12(17)7-8-22-11-5-3-10(15)4-6-11/h3-6,9H,7-8H2,1-2H3,(H,16,18,19)/t9-/m0/s1. The van der Waals surface area contributed by atoms with Crippen molar-refractivity contribution in [2.75, 3.05) is 12.9 Å². The molecule has 8 heteroatoms. The fourth-order valence-electron chi connectivity index (χ4n) is 1.35. The molecule has 0 aromatic heterocycles. The van der Waals surface area contributed by atoms with Crippen molar-refractivity contribution in [3.63, 3.8) is 0 Å². The van der Waals surface area contributed by atoms with Gasteiger partial charge < -0.3 is 9.47 Å². The third-order valence-electron chi connectivity index (χ3n) is 2.48. The van der Waals surface area contributed by atoms with Crippen LogP contribution in [0.15, 0.2) is 29.2 Å². The van der Waals surface area contributed by atoms with Crippen LogP contribution in [0, 0.1) is 0 Å². The van der Waals surface area contributed by atoms with Crippen molar-refractivity contribution < 1.29 is 23.9 Å². The summed E-state index contributed by atoms with van der Waals surface area (Å²) in [4.78, 5) is 34.9. The summed E-state index contributed by atoms with van der Waals surface area (Å²) in [6.45, 7) is 1.38. The van der Waals surface area contributed by atoms with Crippen LogP contribution < -0.4 is 5.32 Å². The number of thioether (sulfide) groups is 1. The number of imide groups is 1. The molecule has 0 spiro atoms. The zero-order chi connectivity index (χ0) is 16.5. The number of amides is 2. The second-order valence-corrected chi connectivity index (χ2v) is 5.77. The van der Waals surface area contributed by atoms with E-state index in [0.717, 1.165) is 12.0 Å². The molecule has 0 saturated carbocycles. The molecule has 1 rings (SSSR count). The Balaban J connectivity index is 2.29. The number of esters is 1. The van der Waals surface area contributed by atoms with E-state index in [4.69, 9.17) is 16.3 Å². The van der Waals surface area contributed by atoms with Gasteiger partial charge in [0.05, 0.1) is 13.5 Å². The maximum Gasteiger partial charge on any atom is 0.413 e. The lowest BCUT2D eigenvalue weighted by Crippen LogP contribution is -2.39. The molecular formula is C14H16ClNO5S. The lowest BCUT2D eigenvalue weighted by Gasteiger charge is -2.12. The van der Waals surface area contributed by atoms with Crippen LogP contribution in [-0.4, -0.2) is 36.9 Å². The smallest absolute Gasteiger partial charge is 0.413 e. The van der Waals surface area contributed by atoms with E-state index in [-0.39, 0.29) is 6.42 Å². The van der Waals surface area contributed by atoms with E-state index in [9.17, 15) is 14.4 Å². The van der Waals surface area contributed by atoms with Crippen molar-refractivity contribution in [3.05, 3.63) is 29.3 Å². The highest BCUT2D eigenvalue weighted by Gasteiger charge is 2.19. The molecule has 120 valence electrons. The number of benzene rings is 1. The van der Waals surface area contributed by atoms with Gasteiger partial charge >= 0.3 is 12.1 Å². The minimum absolute atomic E-state index is 0.142. The monoisotopic (exact) mass is 345 g/mol. The van der Waals surface area contributed by atoms with Crippen LogP contribution >= 0.6 is 23.4 Å². The zero-order valence-electron chi connectivity index (χ0n) is 12.1. The molecule has 1 aromatic carbocycles. The van der Waals surface area contributed by atoms with Gasteiger partial charge in [0.25, 0.3) is 5.91 Å². The third kappa shape index (κ3) is 6.82. The molecule has 0 saturated heterocycles. The summed E-state index contributed by atoms with van der Waals surface area (Å²) in [6, 6.07) is 7.23.